The summed E-state index contributed by atoms with van der Waals surface area (Å²) in [6.45, 7) is 6.90. The van der Waals surface area contributed by atoms with Crippen LogP contribution in [0, 0.1) is 0 Å². The van der Waals surface area contributed by atoms with E-state index in [0.29, 0.717) is 6.54 Å². The summed E-state index contributed by atoms with van der Waals surface area (Å²) in [6, 6.07) is 1.27. The molecule has 0 atom stereocenters. The van der Waals surface area contributed by atoms with Crippen LogP contribution in [0.1, 0.15) is 27.7 Å². The van der Waals surface area contributed by atoms with Crippen LogP contribution in [0.4, 0.5) is 0 Å². The third kappa shape index (κ3) is 3.34. The Hall–Kier alpha value is -1.37. The van der Waals surface area contributed by atoms with Gasteiger partial charge in [-0.25, -0.2) is 13.2 Å². The first-order valence-electron chi connectivity index (χ1n) is 6.12. The van der Waals surface area contributed by atoms with Gasteiger partial charge in [0, 0.05) is 25.4 Å². The summed E-state index contributed by atoms with van der Waals surface area (Å²) in [5.74, 6) is -0.223. The molecule has 7 heteroatoms. The SMILES string of the molecule is CCn1ccc(=O)n(CCS(=O)(=O)C(C)(C)C)c1=O. The van der Waals surface area contributed by atoms with Crippen LogP contribution in [0.3, 0.4) is 0 Å². The topological polar surface area (TPSA) is 78.1 Å². The molecule has 0 aliphatic heterocycles. The van der Waals surface area contributed by atoms with E-state index in [0.717, 1.165) is 4.57 Å². The molecule has 0 N–H and O–H groups in total. The second-order valence-electron chi connectivity index (χ2n) is 5.31. The van der Waals surface area contributed by atoms with Gasteiger partial charge >= 0.3 is 5.69 Å². The van der Waals surface area contributed by atoms with Crippen molar-refractivity contribution in [2.75, 3.05) is 5.75 Å². The quantitative estimate of drug-likeness (QED) is 0.795. The van der Waals surface area contributed by atoms with Crippen molar-refractivity contribution in [2.24, 2.45) is 0 Å². The van der Waals surface area contributed by atoms with Gasteiger partial charge < -0.3 is 4.57 Å². The molecule has 0 fully saturated rings. The number of hydrogen-bond donors (Lipinski definition) is 0. The van der Waals surface area contributed by atoms with E-state index in [4.69, 9.17) is 0 Å². The Bertz CT molecular complexity index is 662. The maximum absolute atomic E-state index is 12.0. The number of rotatable bonds is 4. The maximum atomic E-state index is 12.0. The van der Waals surface area contributed by atoms with Gasteiger partial charge in [-0.3, -0.25) is 9.36 Å². The van der Waals surface area contributed by atoms with E-state index in [-0.39, 0.29) is 12.3 Å². The molecule has 0 aromatic carbocycles. The lowest BCUT2D eigenvalue weighted by molar-refractivity contribution is 0.542. The van der Waals surface area contributed by atoms with Crippen LogP contribution in [-0.4, -0.2) is 28.1 Å². The number of aryl methyl sites for hydroxylation is 1. The van der Waals surface area contributed by atoms with Crippen molar-refractivity contribution in [2.45, 2.75) is 45.5 Å². The number of hydrogen-bond acceptors (Lipinski definition) is 4. The minimum atomic E-state index is -3.36. The highest BCUT2D eigenvalue weighted by atomic mass is 32.2. The van der Waals surface area contributed by atoms with Crippen molar-refractivity contribution in [3.05, 3.63) is 33.1 Å². The predicted molar refractivity (Wildman–Crippen MR) is 74.2 cm³/mol. The van der Waals surface area contributed by atoms with E-state index in [1.165, 1.54) is 16.8 Å². The first-order chi connectivity index (χ1) is 8.60. The molecule has 0 aliphatic rings. The van der Waals surface area contributed by atoms with Gasteiger partial charge in [-0.05, 0) is 27.7 Å². The largest absolute Gasteiger partial charge is 0.330 e. The molecule has 0 amide bonds. The normalized spacial score (nSPS) is 12.6. The van der Waals surface area contributed by atoms with Crippen LogP contribution >= 0.6 is 0 Å². The standard InChI is InChI=1S/C12H20N2O4S/c1-5-13-7-6-10(15)14(11(13)16)8-9-19(17,18)12(2,3)4/h6-7H,5,8-9H2,1-4H3. The highest BCUT2D eigenvalue weighted by Crippen LogP contribution is 2.15. The van der Waals surface area contributed by atoms with Crippen LogP contribution in [-0.2, 0) is 22.9 Å². The van der Waals surface area contributed by atoms with Crippen LogP contribution in [0.15, 0.2) is 21.9 Å². The average Bonchev–Trinajstić information content (AvgIpc) is 2.27. The van der Waals surface area contributed by atoms with Gasteiger partial charge in [0.15, 0.2) is 9.84 Å². The summed E-state index contributed by atoms with van der Waals surface area (Å²) in [4.78, 5) is 23.5. The Balaban J connectivity index is 3.10. The summed E-state index contributed by atoms with van der Waals surface area (Å²) < 4.78 is 25.4. The zero-order chi connectivity index (χ0) is 14.8. The lowest BCUT2D eigenvalue weighted by Gasteiger charge is -2.19. The zero-order valence-electron chi connectivity index (χ0n) is 11.7. The number of sulfone groups is 1. The number of nitrogens with zero attached hydrogens (tertiary/aromatic N) is 2. The molecule has 1 rings (SSSR count). The first kappa shape index (κ1) is 15.7. The summed E-state index contributed by atoms with van der Waals surface area (Å²) in [5, 5.41) is 0. The molecule has 1 aromatic heterocycles. The van der Waals surface area contributed by atoms with Crippen molar-refractivity contribution in [3.63, 3.8) is 0 Å². The zero-order valence-corrected chi connectivity index (χ0v) is 12.5. The molecule has 0 spiro atoms. The fraction of sp³-hybridized carbons (Fsp3) is 0.667. The second-order valence-corrected chi connectivity index (χ2v) is 8.17. The maximum Gasteiger partial charge on any atom is 0.330 e. The molecule has 1 aromatic rings. The van der Waals surface area contributed by atoms with Crippen LogP contribution in [0.5, 0.6) is 0 Å². The summed E-state index contributed by atoms with van der Waals surface area (Å²) in [7, 11) is -3.36. The lowest BCUT2D eigenvalue weighted by Crippen LogP contribution is -2.41. The van der Waals surface area contributed by atoms with E-state index >= 15 is 0 Å². The van der Waals surface area contributed by atoms with Gasteiger partial charge in [-0.2, -0.15) is 0 Å². The predicted octanol–water partition coefficient (Wildman–Crippen LogP) is 0.243. The van der Waals surface area contributed by atoms with Gasteiger partial charge in [-0.1, -0.05) is 0 Å². The van der Waals surface area contributed by atoms with Crippen molar-refractivity contribution in [1.29, 1.82) is 0 Å². The van der Waals surface area contributed by atoms with Crippen molar-refractivity contribution < 1.29 is 8.42 Å². The highest BCUT2D eigenvalue weighted by Gasteiger charge is 2.28. The smallest absolute Gasteiger partial charge is 0.301 e. The molecular formula is C12H20N2O4S. The lowest BCUT2D eigenvalue weighted by atomic mass is 10.3. The molecule has 6 nitrogen and oxygen atoms in total. The molecule has 0 unspecified atom stereocenters. The Morgan fingerprint density at radius 1 is 1.21 bits per heavy atom. The number of aromatic nitrogens is 2. The Kier molecular flexibility index (Phi) is 4.39. The van der Waals surface area contributed by atoms with E-state index in [1.807, 2.05) is 0 Å². The van der Waals surface area contributed by atoms with Crippen LogP contribution in [0.25, 0.3) is 0 Å². The first-order valence-corrected chi connectivity index (χ1v) is 7.78. The molecule has 0 bridgehead atoms. The third-order valence-electron chi connectivity index (χ3n) is 3.00. The monoisotopic (exact) mass is 288 g/mol. The highest BCUT2D eigenvalue weighted by molar-refractivity contribution is 7.92. The van der Waals surface area contributed by atoms with Gasteiger partial charge in [-0.15, -0.1) is 0 Å². The Labute approximate surface area is 112 Å². The fourth-order valence-electron chi connectivity index (χ4n) is 1.52. The molecular weight excluding hydrogens is 268 g/mol. The minimum Gasteiger partial charge on any atom is -0.301 e. The molecule has 0 saturated carbocycles. The molecule has 0 saturated heterocycles. The van der Waals surface area contributed by atoms with Crippen LogP contribution < -0.4 is 11.2 Å². The summed E-state index contributed by atoms with van der Waals surface area (Å²) >= 11 is 0. The Morgan fingerprint density at radius 3 is 2.26 bits per heavy atom. The third-order valence-corrected chi connectivity index (χ3v) is 5.58. The minimum absolute atomic E-state index is 0.113. The van der Waals surface area contributed by atoms with Crippen LogP contribution in [0.2, 0.25) is 0 Å². The fourth-order valence-corrected chi connectivity index (χ4v) is 2.56. The van der Waals surface area contributed by atoms with Gasteiger partial charge in [0.05, 0.1) is 10.5 Å². The van der Waals surface area contributed by atoms with Crippen molar-refractivity contribution >= 4 is 9.84 Å². The average molecular weight is 288 g/mol. The summed E-state index contributed by atoms with van der Waals surface area (Å²) in [5.41, 5.74) is -0.946. The van der Waals surface area contributed by atoms with Crippen molar-refractivity contribution in [1.82, 2.24) is 9.13 Å². The van der Waals surface area contributed by atoms with E-state index in [1.54, 1.807) is 27.7 Å². The summed E-state index contributed by atoms with van der Waals surface area (Å²) in [6.07, 6.45) is 1.42. The molecule has 1 heterocycles. The molecule has 0 radical (unpaired) electrons. The second kappa shape index (κ2) is 5.32. The Morgan fingerprint density at radius 2 is 1.79 bits per heavy atom. The van der Waals surface area contributed by atoms with Crippen molar-refractivity contribution in [3.8, 4) is 0 Å². The van der Waals surface area contributed by atoms with Gasteiger partial charge in [0.2, 0.25) is 0 Å². The van der Waals surface area contributed by atoms with E-state index in [2.05, 4.69) is 0 Å². The van der Waals surface area contributed by atoms with E-state index < -0.39 is 25.8 Å². The molecule has 19 heavy (non-hydrogen) atoms. The van der Waals surface area contributed by atoms with E-state index in [9.17, 15) is 18.0 Å². The van der Waals surface area contributed by atoms with Gasteiger partial charge in [0.25, 0.3) is 5.56 Å². The molecule has 108 valence electrons. The van der Waals surface area contributed by atoms with Gasteiger partial charge in [0.1, 0.15) is 0 Å². The molecule has 0 aliphatic carbocycles.